The van der Waals surface area contributed by atoms with Crippen LogP contribution in [0.15, 0.2) is 78.9 Å². The molecule has 1 atom stereocenters. The van der Waals surface area contributed by atoms with Crippen molar-refractivity contribution >= 4 is 35.2 Å². The first kappa shape index (κ1) is 24.9. The number of nitrogens with one attached hydrogen (secondary N) is 1. The van der Waals surface area contributed by atoms with E-state index in [1.807, 2.05) is 54.6 Å². The van der Waals surface area contributed by atoms with E-state index >= 15 is 0 Å². The molecule has 0 spiro atoms. The number of nitrogens with zero attached hydrogens (tertiary/aromatic N) is 1. The van der Waals surface area contributed by atoms with Crippen LogP contribution in [0.4, 0.5) is 0 Å². The molecular weight excluding hydrogens is 452 g/mol. The number of carbonyl (C=O) groups excluding carboxylic acids is 2. The summed E-state index contributed by atoms with van der Waals surface area (Å²) in [6, 6.07) is 24.8. The number of rotatable bonds is 10. The second kappa shape index (κ2) is 12.5. The molecule has 1 N–H and O–H groups in total. The number of aryl methyl sites for hydroxylation is 1. The van der Waals surface area contributed by atoms with Crippen LogP contribution in [-0.2, 0) is 28.3 Å². The van der Waals surface area contributed by atoms with E-state index in [1.165, 1.54) is 11.1 Å². The van der Waals surface area contributed by atoms with Gasteiger partial charge < -0.3 is 10.2 Å². The minimum atomic E-state index is -0.638. The molecule has 0 heterocycles. The molecule has 0 aromatic heterocycles. The molecule has 33 heavy (non-hydrogen) atoms. The lowest BCUT2D eigenvalue weighted by Gasteiger charge is -2.31. The Bertz CT molecular complexity index is 1070. The van der Waals surface area contributed by atoms with Crippen molar-refractivity contribution in [2.75, 3.05) is 12.8 Å². The van der Waals surface area contributed by atoms with Crippen molar-refractivity contribution in [1.29, 1.82) is 0 Å². The highest BCUT2D eigenvalue weighted by molar-refractivity contribution is 7.99. The van der Waals surface area contributed by atoms with Gasteiger partial charge in [-0.1, -0.05) is 90.0 Å². The number of benzene rings is 3. The molecular formula is C27H29ClN2O2S. The first-order valence-corrected chi connectivity index (χ1v) is 12.4. The standard InChI is InChI=1S/C27H29ClN2O2S/c1-20-9-8-12-22(15-20)18-33-19-26(31)30(17-23-13-6-7-14-24(23)28)25(27(32)29-2)16-21-10-4-3-5-11-21/h3-15,25H,16-19H2,1-2H3,(H,29,32). The van der Waals surface area contributed by atoms with Crippen LogP contribution in [0.25, 0.3) is 0 Å². The van der Waals surface area contributed by atoms with E-state index in [2.05, 4.69) is 30.4 Å². The Morgan fingerprint density at radius 3 is 2.36 bits per heavy atom. The van der Waals surface area contributed by atoms with Gasteiger partial charge in [-0.05, 0) is 29.7 Å². The van der Waals surface area contributed by atoms with Crippen LogP contribution in [0.3, 0.4) is 0 Å². The summed E-state index contributed by atoms with van der Waals surface area (Å²) in [4.78, 5) is 28.0. The predicted molar refractivity (Wildman–Crippen MR) is 137 cm³/mol. The zero-order valence-electron chi connectivity index (χ0n) is 19.0. The van der Waals surface area contributed by atoms with E-state index in [-0.39, 0.29) is 24.1 Å². The summed E-state index contributed by atoms with van der Waals surface area (Å²) in [7, 11) is 1.60. The van der Waals surface area contributed by atoms with E-state index in [0.717, 1.165) is 16.9 Å². The Morgan fingerprint density at radius 1 is 0.970 bits per heavy atom. The van der Waals surface area contributed by atoms with Gasteiger partial charge in [-0.25, -0.2) is 0 Å². The maximum absolute atomic E-state index is 13.5. The summed E-state index contributed by atoms with van der Waals surface area (Å²) >= 11 is 7.96. The molecule has 3 rings (SSSR count). The van der Waals surface area contributed by atoms with Crippen molar-refractivity contribution in [1.82, 2.24) is 10.2 Å². The molecule has 0 aliphatic heterocycles. The molecule has 0 saturated heterocycles. The topological polar surface area (TPSA) is 49.4 Å². The third-order valence-electron chi connectivity index (χ3n) is 5.39. The molecule has 3 aromatic carbocycles. The molecule has 2 amide bonds. The van der Waals surface area contributed by atoms with Crippen molar-refractivity contribution in [3.8, 4) is 0 Å². The Kier molecular flexibility index (Phi) is 9.40. The molecule has 0 radical (unpaired) electrons. The largest absolute Gasteiger partial charge is 0.357 e. The molecule has 0 saturated carbocycles. The average molecular weight is 481 g/mol. The van der Waals surface area contributed by atoms with Gasteiger partial charge in [-0.3, -0.25) is 9.59 Å². The van der Waals surface area contributed by atoms with E-state index in [9.17, 15) is 9.59 Å². The van der Waals surface area contributed by atoms with Gasteiger partial charge in [0.15, 0.2) is 0 Å². The molecule has 172 valence electrons. The highest BCUT2D eigenvalue weighted by atomic mass is 35.5. The fourth-order valence-electron chi connectivity index (χ4n) is 3.67. The van der Waals surface area contributed by atoms with Crippen molar-refractivity contribution in [3.05, 3.63) is 106 Å². The summed E-state index contributed by atoms with van der Waals surface area (Å²) in [5.74, 6) is 0.734. The number of thioether (sulfide) groups is 1. The molecule has 0 fully saturated rings. The molecule has 0 aliphatic carbocycles. The van der Waals surface area contributed by atoms with Gasteiger partial charge in [0, 0.05) is 30.8 Å². The lowest BCUT2D eigenvalue weighted by molar-refractivity contribution is -0.139. The number of carbonyl (C=O) groups is 2. The molecule has 0 aliphatic rings. The minimum Gasteiger partial charge on any atom is -0.357 e. The van der Waals surface area contributed by atoms with E-state index in [0.29, 0.717) is 11.4 Å². The Morgan fingerprint density at radius 2 is 1.67 bits per heavy atom. The highest BCUT2D eigenvalue weighted by Crippen LogP contribution is 2.22. The average Bonchev–Trinajstić information content (AvgIpc) is 2.82. The van der Waals surface area contributed by atoms with Crippen LogP contribution in [0.1, 0.15) is 22.3 Å². The van der Waals surface area contributed by atoms with Crippen LogP contribution in [0.5, 0.6) is 0 Å². The van der Waals surface area contributed by atoms with Crippen molar-refractivity contribution in [3.63, 3.8) is 0 Å². The summed E-state index contributed by atoms with van der Waals surface area (Å²) < 4.78 is 0. The van der Waals surface area contributed by atoms with Gasteiger partial charge >= 0.3 is 0 Å². The molecule has 4 nitrogen and oxygen atoms in total. The minimum absolute atomic E-state index is 0.0860. The number of hydrogen-bond donors (Lipinski definition) is 1. The van der Waals surface area contributed by atoms with E-state index < -0.39 is 6.04 Å². The number of halogens is 1. The second-order valence-electron chi connectivity index (χ2n) is 7.91. The van der Waals surface area contributed by atoms with Crippen LogP contribution in [-0.4, -0.2) is 35.6 Å². The Balaban J connectivity index is 1.82. The second-order valence-corrected chi connectivity index (χ2v) is 9.31. The van der Waals surface area contributed by atoms with Crippen molar-refractivity contribution in [2.45, 2.75) is 31.7 Å². The van der Waals surface area contributed by atoms with Gasteiger partial charge in [0.25, 0.3) is 0 Å². The van der Waals surface area contributed by atoms with Gasteiger partial charge in [-0.15, -0.1) is 11.8 Å². The Hall–Kier alpha value is -2.76. The van der Waals surface area contributed by atoms with Gasteiger partial charge in [0.05, 0.1) is 5.75 Å². The lowest BCUT2D eigenvalue weighted by atomic mass is 10.0. The highest BCUT2D eigenvalue weighted by Gasteiger charge is 2.30. The smallest absolute Gasteiger partial charge is 0.242 e. The fourth-order valence-corrected chi connectivity index (χ4v) is 4.73. The molecule has 0 bridgehead atoms. The maximum atomic E-state index is 13.5. The van der Waals surface area contributed by atoms with Gasteiger partial charge in [-0.2, -0.15) is 0 Å². The van der Waals surface area contributed by atoms with Crippen molar-refractivity contribution < 1.29 is 9.59 Å². The molecule has 3 aromatic rings. The summed E-state index contributed by atoms with van der Waals surface area (Å²) in [6.07, 6.45) is 0.430. The number of amides is 2. The van der Waals surface area contributed by atoms with Crippen LogP contribution in [0, 0.1) is 6.92 Å². The van der Waals surface area contributed by atoms with E-state index in [4.69, 9.17) is 11.6 Å². The zero-order valence-corrected chi connectivity index (χ0v) is 20.5. The number of likely N-dealkylation sites (N-methyl/N-ethyl adjacent to an activating group) is 1. The summed E-state index contributed by atoms with van der Waals surface area (Å²) in [6.45, 7) is 2.33. The molecule has 1 unspecified atom stereocenters. The third-order valence-corrected chi connectivity index (χ3v) is 6.75. The number of hydrogen-bond acceptors (Lipinski definition) is 3. The van der Waals surface area contributed by atoms with Crippen molar-refractivity contribution in [2.24, 2.45) is 0 Å². The molecule has 6 heteroatoms. The Labute approximate surface area is 205 Å². The summed E-state index contributed by atoms with van der Waals surface area (Å²) in [5, 5.41) is 3.32. The van der Waals surface area contributed by atoms with Crippen LogP contribution in [0.2, 0.25) is 5.02 Å². The first-order valence-electron chi connectivity index (χ1n) is 10.9. The predicted octanol–water partition coefficient (Wildman–Crippen LogP) is 5.27. The van der Waals surface area contributed by atoms with E-state index in [1.54, 1.807) is 29.8 Å². The van der Waals surface area contributed by atoms with Crippen LogP contribution >= 0.6 is 23.4 Å². The van der Waals surface area contributed by atoms with Gasteiger partial charge in [0.2, 0.25) is 11.8 Å². The first-order chi connectivity index (χ1) is 16.0. The fraction of sp³-hybridized carbons (Fsp3) is 0.259. The quantitative estimate of drug-likeness (QED) is 0.430. The summed E-state index contributed by atoms with van der Waals surface area (Å²) in [5.41, 5.74) is 4.19. The maximum Gasteiger partial charge on any atom is 0.242 e. The SMILES string of the molecule is CNC(=O)C(Cc1ccccc1)N(Cc1ccccc1Cl)C(=O)CSCc1cccc(C)c1. The normalized spacial score (nSPS) is 11.6. The zero-order chi connectivity index (χ0) is 23.6. The van der Waals surface area contributed by atoms with Gasteiger partial charge in [0.1, 0.15) is 6.04 Å². The third kappa shape index (κ3) is 7.37. The van der Waals surface area contributed by atoms with Crippen LogP contribution < -0.4 is 5.32 Å². The monoisotopic (exact) mass is 480 g/mol. The lowest BCUT2D eigenvalue weighted by Crippen LogP contribution is -2.50.